The summed E-state index contributed by atoms with van der Waals surface area (Å²) in [6.45, 7) is 5.83. The SMILES string of the molecule is CCCCCCCOC(=O)C1=C(C)NC(C)=C(C(=O)OC)[C@@H]1c1cccc([N+](=O)[O-])c1. The first-order chi connectivity index (χ1) is 14.8. The molecule has 0 aliphatic carbocycles. The van der Waals surface area contributed by atoms with Crippen LogP contribution in [0.3, 0.4) is 0 Å². The lowest BCUT2D eigenvalue weighted by atomic mass is 9.80. The van der Waals surface area contributed by atoms with Crippen LogP contribution in [0.25, 0.3) is 0 Å². The van der Waals surface area contributed by atoms with Crippen LogP contribution in [0.1, 0.15) is 64.4 Å². The van der Waals surface area contributed by atoms with Crippen molar-refractivity contribution in [1.82, 2.24) is 5.32 Å². The average molecular weight is 431 g/mol. The molecular weight excluding hydrogens is 400 g/mol. The third-order valence-corrected chi connectivity index (χ3v) is 5.28. The van der Waals surface area contributed by atoms with Crippen LogP contribution < -0.4 is 5.32 Å². The number of hydrogen-bond donors (Lipinski definition) is 1. The van der Waals surface area contributed by atoms with Gasteiger partial charge in [-0.3, -0.25) is 10.1 Å². The minimum Gasteiger partial charge on any atom is -0.466 e. The molecule has 0 radical (unpaired) electrons. The third-order valence-electron chi connectivity index (χ3n) is 5.28. The van der Waals surface area contributed by atoms with Crippen molar-refractivity contribution in [2.24, 2.45) is 0 Å². The second-order valence-corrected chi connectivity index (χ2v) is 7.53. The van der Waals surface area contributed by atoms with Crippen LogP contribution in [0.5, 0.6) is 0 Å². The number of allylic oxidation sites excluding steroid dienone is 2. The highest BCUT2D eigenvalue weighted by molar-refractivity contribution is 5.99. The number of methoxy groups -OCH3 is 1. The summed E-state index contributed by atoms with van der Waals surface area (Å²) in [4.78, 5) is 36.4. The summed E-state index contributed by atoms with van der Waals surface area (Å²) in [5.74, 6) is -1.99. The van der Waals surface area contributed by atoms with Crippen molar-refractivity contribution in [3.05, 3.63) is 62.5 Å². The van der Waals surface area contributed by atoms with E-state index >= 15 is 0 Å². The molecule has 0 fully saturated rings. The van der Waals surface area contributed by atoms with Gasteiger partial charge in [0, 0.05) is 23.5 Å². The Morgan fingerprint density at radius 2 is 1.71 bits per heavy atom. The minimum absolute atomic E-state index is 0.126. The normalized spacial score (nSPS) is 16.1. The second kappa shape index (κ2) is 11.3. The molecule has 0 bridgehead atoms. The molecule has 0 aromatic heterocycles. The number of ether oxygens (including phenoxy) is 2. The van der Waals surface area contributed by atoms with E-state index in [2.05, 4.69) is 12.2 Å². The average Bonchev–Trinajstić information content (AvgIpc) is 2.75. The topological polar surface area (TPSA) is 108 Å². The summed E-state index contributed by atoms with van der Waals surface area (Å²) in [5.41, 5.74) is 1.86. The second-order valence-electron chi connectivity index (χ2n) is 7.53. The number of non-ortho nitro benzene ring substituents is 1. The molecule has 1 aliphatic rings. The molecule has 0 saturated carbocycles. The molecule has 31 heavy (non-hydrogen) atoms. The Labute approximate surface area is 182 Å². The van der Waals surface area contributed by atoms with E-state index in [1.54, 1.807) is 19.9 Å². The zero-order chi connectivity index (χ0) is 23.0. The van der Waals surface area contributed by atoms with Crippen LogP contribution in [0.4, 0.5) is 5.69 Å². The zero-order valence-electron chi connectivity index (χ0n) is 18.5. The van der Waals surface area contributed by atoms with Gasteiger partial charge in [-0.2, -0.15) is 0 Å². The van der Waals surface area contributed by atoms with Crippen LogP contribution in [0.2, 0.25) is 0 Å². The maximum absolute atomic E-state index is 13.0. The fraction of sp³-hybridized carbons (Fsp3) is 0.478. The Balaban J connectivity index is 2.38. The van der Waals surface area contributed by atoms with Crippen molar-refractivity contribution in [2.45, 2.75) is 58.8 Å². The Hall–Kier alpha value is -3.16. The number of carbonyl (C=O) groups is 2. The summed E-state index contributed by atoms with van der Waals surface area (Å²) >= 11 is 0. The molecule has 0 spiro atoms. The lowest BCUT2D eigenvalue weighted by Crippen LogP contribution is -2.32. The van der Waals surface area contributed by atoms with E-state index in [0.29, 0.717) is 17.0 Å². The van der Waals surface area contributed by atoms with E-state index in [4.69, 9.17) is 9.47 Å². The molecule has 2 rings (SSSR count). The highest BCUT2D eigenvalue weighted by Crippen LogP contribution is 2.40. The molecule has 0 amide bonds. The highest BCUT2D eigenvalue weighted by Gasteiger charge is 2.38. The lowest BCUT2D eigenvalue weighted by molar-refractivity contribution is -0.384. The van der Waals surface area contributed by atoms with Crippen LogP contribution >= 0.6 is 0 Å². The molecular formula is C23H30N2O6. The quantitative estimate of drug-likeness (QED) is 0.252. The lowest BCUT2D eigenvalue weighted by Gasteiger charge is -2.30. The van der Waals surface area contributed by atoms with Gasteiger partial charge in [-0.05, 0) is 25.8 Å². The van der Waals surface area contributed by atoms with Gasteiger partial charge in [0.25, 0.3) is 5.69 Å². The summed E-state index contributed by atoms with van der Waals surface area (Å²) in [7, 11) is 1.26. The van der Waals surface area contributed by atoms with Gasteiger partial charge >= 0.3 is 11.9 Å². The summed E-state index contributed by atoms with van der Waals surface area (Å²) in [6, 6.07) is 5.93. The Morgan fingerprint density at radius 3 is 2.32 bits per heavy atom. The molecule has 1 N–H and O–H groups in total. The largest absolute Gasteiger partial charge is 0.466 e. The predicted molar refractivity (Wildman–Crippen MR) is 116 cm³/mol. The van der Waals surface area contributed by atoms with Crippen molar-refractivity contribution in [2.75, 3.05) is 13.7 Å². The molecule has 1 aliphatic heterocycles. The van der Waals surface area contributed by atoms with Crippen LogP contribution in [0.15, 0.2) is 46.8 Å². The van der Waals surface area contributed by atoms with Gasteiger partial charge in [0.2, 0.25) is 0 Å². The van der Waals surface area contributed by atoms with Gasteiger partial charge in [0.05, 0.1) is 35.7 Å². The number of benzene rings is 1. The van der Waals surface area contributed by atoms with Crippen molar-refractivity contribution in [3.8, 4) is 0 Å². The number of rotatable bonds is 10. The van der Waals surface area contributed by atoms with Gasteiger partial charge in [-0.25, -0.2) is 9.59 Å². The number of carbonyl (C=O) groups excluding carboxylic acids is 2. The van der Waals surface area contributed by atoms with Gasteiger partial charge in [0.1, 0.15) is 0 Å². The third kappa shape index (κ3) is 5.93. The molecule has 0 saturated heterocycles. The summed E-state index contributed by atoms with van der Waals surface area (Å²) in [5, 5.41) is 14.3. The van der Waals surface area contributed by atoms with E-state index in [1.165, 1.54) is 25.3 Å². The van der Waals surface area contributed by atoms with E-state index in [0.717, 1.165) is 32.1 Å². The highest BCUT2D eigenvalue weighted by atomic mass is 16.6. The predicted octanol–water partition coefficient (Wildman–Crippen LogP) is 4.52. The van der Waals surface area contributed by atoms with E-state index < -0.39 is 22.8 Å². The fourth-order valence-electron chi connectivity index (χ4n) is 3.74. The first kappa shape index (κ1) is 24.1. The van der Waals surface area contributed by atoms with Crippen molar-refractivity contribution < 1.29 is 24.0 Å². The number of dihydropyridines is 1. The first-order valence-corrected chi connectivity index (χ1v) is 10.5. The van der Waals surface area contributed by atoms with Crippen molar-refractivity contribution >= 4 is 17.6 Å². The molecule has 0 unspecified atom stereocenters. The molecule has 1 aromatic carbocycles. The zero-order valence-corrected chi connectivity index (χ0v) is 18.5. The maximum Gasteiger partial charge on any atom is 0.336 e. The van der Waals surface area contributed by atoms with Crippen LogP contribution in [0, 0.1) is 10.1 Å². The van der Waals surface area contributed by atoms with E-state index in [1.807, 2.05) is 0 Å². The minimum atomic E-state index is -0.832. The standard InChI is InChI=1S/C23H30N2O6/c1-5-6-7-8-9-13-31-23(27)20-16(3)24-15(2)19(22(26)30-4)21(20)17-11-10-12-18(14-17)25(28)29/h10-12,14,21,24H,5-9,13H2,1-4H3/t21-/m0/s1. The summed E-state index contributed by atoms with van der Waals surface area (Å²) < 4.78 is 10.5. The Kier molecular flexibility index (Phi) is 8.78. The molecule has 8 heteroatoms. The van der Waals surface area contributed by atoms with E-state index in [9.17, 15) is 19.7 Å². The molecule has 1 atom stereocenters. The van der Waals surface area contributed by atoms with Crippen molar-refractivity contribution in [3.63, 3.8) is 0 Å². The summed E-state index contributed by atoms with van der Waals surface area (Å²) in [6.07, 6.45) is 5.08. The van der Waals surface area contributed by atoms with Crippen molar-refractivity contribution in [1.29, 1.82) is 0 Å². The number of nitro groups is 1. The van der Waals surface area contributed by atoms with Gasteiger partial charge in [0.15, 0.2) is 0 Å². The molecule has 8 nitrogen and oxygen atoms in total. The Bertz CT molecular complexity index is 903. The van der Waals surface area contributed by atoms with Gasteiger partial charge in [-0.1, -0.05) is 44.7 Å². The molecule has 168 valence electrons. The number of unbranched alkanes of at least 4 members (excludes halogenated alkanes) is 4. The molecule has 1 aromatic rings. The smallest absolute Gasteiger partial charge is 0.336 e. The number of nitro benzene ring substituents is 1. The first-order valence-electron chi connectivity index (χ1n) is 10.5. The van der Waals surface area contributed by atoms with Crippen LogP contribution in [-0.2, 0) is 19.1 Å². The Morgan fingerprint density at radius 1 is 1.06 bits per heavy atom. The number of nitrogens with zero attached hydrogens (tertiary/aromatic N) is 1. The fourth-order valence-corrected chi connectivity index (χ4v) is 3.74. The maximum atomic E-state index is 13.0. The van der Waals surface area contributed by atoms with E-state index in [-0.39, 0.29) is 23.4 Å². The van der Waals surface area contributed by atoms with Gasteiger partial charge in [-0.15, -0.1) is 0 Å². The van der Waals surface area contributed by atoms with Gasteiger partial charge < -0.3 is 14.8 Å². The number of hydrogen-bond acceptors (Lipinski definition) is 7. The number of esters is 2. The monoisotopic (exact) mass is 430 g/mol. The molecule has 1 heterocycles. The number of nitrogens with one attached hydrogen (secondary N) is 1. The van der Waals surface area contributed by atoms with Crippen LogP contribution in [-0.4, -0.2) is 30.6 Å².